The van der Waals surface area contributed by atoms with Crippen LogP contribution in [0.5, 0.6) is 0 Å². The van der Waals surface area contributed by atoms with Gasteiger partial charge in [0, 0.05) is 5.17 Å². The average molecular weight is 104 g/mol. The van der Waals surface area contributed by atoms with Crippen LogP contribution in [0.1, 0.15) is 0 Å². The van der Waals surface area contributed by atoms with E-state index < -0.39 is 9.08 Å². The van der Waals surface area contributed by atoms with Gasteiger partial charge >= 0.3 is 9.08 Å². The Hall–Kier alpha value is -0.313. The maximum atomic E-state index is 11.2. The monoisotopic (exact) mass is 104 g/mol. The lowest BCUT2D eigenvalue weighted by Gasteiger charge is -1.63. The first kappa shape index (κ1) is 3.86. The van der Waals surface area contributed by atoms with Crippen LogP contribution in [0.3, 0.4) is 0 Å². The molecule has 1 aliphatic carbocycles. The smallest absolute Gasteiger partial charge is 0.239 e. The summed E-state index contributed by atoms with van der Waals surface area (Å²) in [5.74, 6) is 0. The van der Waals surface area contributed by atoms with Gasteiger partial charge in [-0.25, -0.2) is 8.22 Å². The normalized spacial score (nSPS) is 15.3. The Kier molecular flexibility index (Phi) is 0.694. The summed E-state index contributed by atoms with van der Waals surface area (Å²) >= 11 is 0. The first-order chi connectivity index (χ1) is 2.80. The zero-order valence-corrected chi connectivity index (χ0v) is 3.91. The lowest BCUT2D eigenvalue weighted by molar-refractivity contribution is 0.702. The molecule has 0 N–H and O–H groups in total. The van der Waals surface area contributed by atoms with Crippen molar-refractivity contribution in [3.05, 3.63) is 12.2 Å². The highest BCUT2D eigenvalue weighted by molar-refractivity contribution is 6.69. The molecule has 0 radical (unpaired) electrons. The molecule has 0 unspecified atom stereocenters. The van der Waals surface area contributed by atoms with Crippen LogP contribution in [0.25, 0.3) is 0 Å². The first-order valence-corrected chi connectivity index (χ1v) is 2.79. The standard InChI is InChI=1S/C3H2F2Si/c4-6(5)3-1-2-3/h1-2H. The quantitative estimate of drug-likeness (QED) is 0.314. The Labute approximate surface area is 35.7 Å². The van der Waals surface area contributed by atoms with E-state index in [1.807, 2.05) is 0 Å². The molecule has 0 bridgehead atoms. The molecule has 1 rings (SSSR count). The zero-order valence-electron chi connectivity index (χ0n) is 2.91. The van der Waals surface area contributed by atoms with Crippen molar-refractivity contribution < 1.29 is 8.22 Å². The molecule has 0 aromatic carbocycles. The molecule has 0 fully saturated rings. The van der Waals surface area contributed by atoms with Crippen molar-refractivity contribution in [2.75, 3.05) is 0 Å². The Morgan fingerprint density at radius 2 is 1.83 bits per heavy atom. The summed E-state index contributed by atoms with van der Waals surface area (Å²) in [6, 6.07) is 0. The second-order valence-electron chi connectivity index (χ2n) is 1.05. The SMILES string of the molecule is F[Si](F)=C1C=C1. The molecule has 1 aliphatic rings. The van der Waals surface area contributed by atoms with Gasteiger partial charge in [-0.2, -0.15) is 0 Å². The number of rotatable bonds is 0. The number of hydrogen-bond donors (Lipinski definition) is 0. The molecule has 32 valence electrons. The minimum absolute atomic E-state index is 0.278. The molecular formula is C3H2F2Si. The number of allylic oxidation sites excluding steroid dienone is 2. The van der Waals surface area contributed by atoms with Gasteiger partial charge in [0.25, 0.3) is 0 Å². The van der Waals surface area contributed by atoms with Crippen molar-refractivity contribution in [2.24, 2.45) is 0 Å². The lowest BCUT2D eigenvalue weighted by Crippen LogP contribution is -1.85. The van der Waals surface area contributed by atoms with Gasteiger partial charge in [-0.15, -0.1) is 0 Å². The molecule has 0 amide bonds. The second-order valence-corrected chi connectivity index (χ2v) is 2.15. The maximum Gasteiger partial charge on any atom is 0.446 e. The van der Waals surface area contributed by atoms with Crippen LogP contribution in [-0.2, 0) is 0 Å². The van der Waals surface area contributed by atoms with E-state index in [1.165, 1.54) is 12.2 Å². The number of hydrogen-bond acceptors (Lipinski definition) is 0. The third kappa shape index (κ3) is 0.595. The Morgan fingerprint density at radius 3 is 1.83 bits per heavy atom. The van der Waals surface area contributed by atoms with Gasteiger partial charge < -0.3 is 0 Å². The zero-order chi connectivity index (χ0) is 4.57. The van der Waals surface area contributed by atoms with Crippen LogP contribution in [0.15, 0.2) is 12.2 Å². The van der Waals surface area contributed by atoms with Crippen LogP contribution in [0.2, 0.25) is 0 Å². The molecule has 0 nitrogen and oxygen atoms in total. The molecule has 0 aliphatic heterocycles. The lowest BCUT2D eigenvalue weighted by atomic mass is 10.9. The fraction of sp³-hybridized carbons (Fsp3) is 0. The average Bonchev–Trinajstić information content (AvgIpc) is 2.06. The van der Waals surface area contributed by atoms with Crippen molar-refractivity contribution in [2.45, 2.75) is 0 Å². The van der Waals surface area contributed by atoms with E-state index in [0.29, 0.717) is 0 Å². The van der Waals surface area contributed by atoms with E-state index in [9.17, 15) is 8.22 Å². The Morgan fingerprint density at radius 1 is 1.33 bits per heavy atom. The van der Waals surface area contributed by atoms with E-state index in [1.54, 1.807) is 0 Å². The van der Waals surface area contributed by atoms with Gasteiger partial charge in [-0.1, -0.05) is 12.2 Å². The minimum Gasteiger partial charge on any atom is -0.239 e. The molecule has 0 heterocycles. The fourth-order valence-corrected chi connectivity index (χ4v) is 0.503. The minimum atomic E-state index is -3.03. The molecule has 3 heteroatoms. The summed E-state index contributed by atoms with van der Waals surface area (Å²) in [6.45, 7) is 0. The molecule has 0 aromatic heterocycles. The summed E-state index contributed by atoms with van der Waals surface area (Å²) in [6.07, 6.45) is 2.91. The summed E-state index contributed by atoms with van der Waals surface area (Å²) < 4.78 is 22.4. The highest BCUT2D eigenvalue weighted by Crippen LogP contribution is 1.98. The Balaban J connectivity index is 2.66. The van der Waals surface area contributed by atoms with Gasteiger partial charge in [0.15, 0.2) is 0 Å². The van der Waals surface area contributed by atoms with E-state index in [4.69, 9.17) is 0 Å². The van der Waals surface area contributed by atoms with Crippen molar-refractivity contribution in [1.82, 2.24) is 0 Å². The van der Waals surface area contributed by atoms with Crippen molar-refractivity contribution in [3.63, 3.8) is 0 Å². The van der Waals surface area contributed by atoms with Gasteiger partial charge in [-0.05, 0) is 0 Å². The molecule has 0 saturated heterocycles. The highest BCUT2D eigenvalue weighted by atomic mass is 28.3. The van der Waals surface area contributed by atoms with Crippen LogP contribution in [0.4, 0.5) is 8.22 Å². The topological polar surface area (TPSA) is 0 Å². The predicted octanol–water partition coefficient (Wildman–Crippen LogP) is 0.738. The number of halogens is 2. The van der Waals surface area contributed by atoms with Gasteiger partial charge in [-0.3, -0.25) is 0 Å². The molecule has 6 heavy (non-hydrogen) atoms. The van der Waals surface area contributed by atoms with Crippen LogP contribution >= 0.6 is 0 Å². The van der Waals surface area contributed by atoms with Crippen molar-refractivity contribution in [3.8, 4) is 0 Å². The van der Waals surface area contributed by atoms with E-state index in [-0.39, 0.29) is 5.17 Å². The third-order valence-corrected chi connectivity index (χ3v) is 1.32. The van der Waals surface area contributed by atoms with Crippen molar-refractivity contribution in [1.29, 1.82) is 0 Å². The molecule has 0 spiro atoms. The summed E-state index contributed by atoms with van der Waals surface area (Å²) in [4.78, 5) is 0. The third-order valence-electron chi connectivity index (χ3n) is 0.552. The van der Waals surface area contributed by atoms with Gasteiger partial charge in [0.2, 0.25) is 0 Å². The molecule has 0 aromatic rings. The maximum absolute atomic E-state index is 11.2. The Bertz CT molecular complexity index is 113. The van der Waals surface area contributed by atoms with E-state index in [0.717, 1.165) is 0 Å². The predicted molar refractivity (Wildman–Crippen MR) is 22.1 cm³/mol. The largest absolute Gasteiger partial charge is 0.446 e. The summed E-state index contributed by atoms with van der Waals surface area (Å²) in [5.41, 5.74) is 0. The van der Waals surface area contributed by atoms with Crippen LogP contribution in [-0.4, -0.2) is 14.2 Å². The fourth-order valence-electron chi connectivity index (χ4n) is 0.168. The van der Waals surface area contributed by atoms with E-state index >= 15 is 0 Å². The summed E-state index contributed by atoms with van der Waals surface area (Å²) in [7, 11) is -3.03. The second kappa shape index (κ2) is 1.08. The molecule has 0 atom stereocenters. The molecule has 0 saturated carbocycles. The molecular weight excluding hydrogens is 102 g/mol. The van der Waals surface area contributed by atoms with Crippen LogP contribution < -0.4 is 0 Å². The van der Waals surface area contributed by atoms with Gasteiger partial charge in [0.1, 0.15) is 0 Å². The van der Waals surface area contributed by atoms with Crippen LogP contribution in [0, 0.1) is 0 Å². The highest BCUT2D eigenvalue weighted by Gasteiger charge is 2.08. The van der Waals surface area contributed by atoms with Gasteiger partial charge in [0.05, 0.1) is 0 Å². The van der Waals surface area contributed by atoms with Crippen molar-refractivity contribution >= 4 is 14.2 Å². The van der Waals surface area contributed by atoms with E-state index in [2.05, 4.69) is 0 Å². The summed E-state index contributed by atoms with van der Waals surface area (Å²) in [5, 5.41) is 0.278. The first-order valence-electron chi connectivity index (χ1n) is 1.54.